The van der Waals surface area contributed by atoms with Gasteiger partial charge in [-0.05, 0) is 138 Å². The number of hydrogen-bond donors (Lipinski definition) is 5. The van der Waals surface area contributed by atoms with E-state index in [0.29, 0.717) is 54.1 Å². The minimum Gasteiger partial charge on any atom is -0.396 e. The Balaban J connectivity index is 0.000000185. The van der Waals surface area contributed by atoms with Crippen LogP contribution >= 0.6 is 22.6 Å². The lowest BCUT2D eigenvalue weighted by atomic mass is 9.66. The minimum atomic E-state index is -0.501. The number of likely N-dealkylation sites (tertiary alicyclic amines) is 1. The van der Waals surface area contributed by atoms with Crippen LogP contribution in [0, 0.1) is 34.1 Å². The first-order valence-corrected chi connectivity index (χ1v) is 20.7. The highest BCUT2D eigenvalue weighted by Gasteiger charge is 2.42. The van der Waals surface area contributed by atoms with Gasteiger partial charge in [-0.15, -0.1) is 0 Å². The predicted octanol–water partition coefficient (Wildman–Crippen LogP) is 7.91. The SMILES string of the molecule is NCc1ccc(N)c(F)c1.Nc1ccc(CNC(=O)N2CCC3(CC2)CC(=O)c2cc(F)ccc2C3)cc1F.O=C1CC2(CCNCC2)Cc2ccc(F)cc21.[2H]CI. The standard InChI is InChI=1S/C22H23F2N3O2.C14H16FNO.C7H9FN2.CH3I/c23-16-3-2-15-11-22(12-20(28)17(15)10-16)5-7-27(8-6-22)21(29)26-13-14-1-4-19(25)18(24)9-14;15-11-2-1-10-8-14(3-5-16-6-4-14)9-13(17)12(10)7-11;8-6-3-5(4-9)1-2-7(6)10;1-2/h1-4,9-10H,5-8,11-13,25H2,(H,26,29);1-2,7,16H,3-6,8-9H2;1-3H,4,9-10H2;1H3/i;;;1D. The topological polar surface area (TPSA) is 157 Å². The van der Waals surface area contributed by atoms with Gasteiger partial charge in [-0.25, -0.2) is 22.4 Å². The third-order valence-electron chi connectivity index (χ3n) is 11.5. The second-order valence-electron chi connectivity index (χ2n) is 15.5. The Morgan fingerprint density at radius 2 is 1.21 bits per heavy atom. The first kappa shape index (κ1) is 43.0. The van der Waals surface area contributed by atoms with E-state index in [4.69, 9.17) is 18.6 Å². The van der Waals surface area contributed by atoms with Gasteiger partial charge in [-0.3, -0.25) is 9.59 Å². The number of hydrogen-bond acceptors (Lipinski definition) is 7. The number of fused-ring (bicyclic) bond motifs is 2. The molecule has 2 amide bonds. The first-order chi connectivity index (χ1) is 28.2. The number of benzene rings is 4. The highest BCUT2D eigenvalue weighted by molar-refractivity contribution is 14.1. The molecule has 8 N–H and O–H groups in total. The van der Waals surface area contributed by atoms with Crippen LogP contribution in [0.15, 0.2) is 72.8 Å². The largest absolute Gasteiger partial charge is 0.396 e. The molecule has 2 heterocycles. The predicted molar refractivity (Wildman–Crippen MR) is 228 cm³/mol. The van der Waals surface area contributed by atoms with E-state index in [2.05, 4.69) is 10.6 Å². The van der Waals surface area contributed by atoms with Gasteiger partial charge in [0, 0.05) is 51.5 Å². The van der Waals surface area contributed by atoms with E-state index in [1.165, 1.54) is 48.5 Å². The summed E-state index contributed by atoms with van der Waals surface area (Å²) in [7, 11) is 0. The van der Waals surface area contributed by atoms with Crippen LogP contribution in [0.2, 0.25) is 0 Å². The lowest BCUT2D eigenvalue weighted by molar-refractivity contribution is 0.0734. The lowest BCUT2D eigenvalue weighted by Crippen LogP contribution is -2.49. The monoisotopic (exact) mass is 915 g/mol. The highest BCUT2D eigenvalue weighted by Crippen LogP contribution is 2.44. The van der Waals surface area contributed by atoms with Crippen LogP contribution in [-0.2, 0) is 25.9 Å². The van der Waals surface area contributed by atoms with Crippen LogP contribution in [0.25, 0.3) is 0 Å². The molecule has 2 spiro atoms. The van der Waals surface area contributed by atoms with Gasteiger partial charge in [0.1, 0.15) is 23.3 Å². The number of nitrogens with zero attached hydrogens (tertiary/aromatic N) is 1. The summed E-state index contributed by atoms with van der Waals surface area (Å²) in [6.07, 6.45) is 6.18. The van der Waals surface area contributed by atoms with Gasteiger partial charge in [-0.2, -0.15) is 0 Å². The quantitative estimate of drug-likeness (QED) is 0.0606. The van der Waals surface area contributed by atoms with Crippen LogP contribution < -0.4 is 27.8 Å². The van der Waals surface area contributed by atoms with E-state index < -0.39 is 11.6 Å². The van der Waals surface area contributed by atoms with Crippen molar-refractivity contribution < 1.29 is 33.3 Å². The van der Waals surface area contributed by atoms with Crippen molar-refractivity contribution in [1.82, 2.24) is 15.5 Å². The summed E-state index contributed by atoms with van der Waals surface area (Å²) in [5.74, 6) is -1.50. The van der Waals surface area contributed by atoms with Crippen LogP contribution in [-0.4, -0.2) is 53.6 Å². The third kappa shape index (κ3) is 11.1. The molecule has 0 atom stereocenters. The average Bonchev–Trinajstić information content (AvgIpc) is 3.21. The van der Waals surface area contributed by atoms with Gasteiger partial charge in [-0.1, -0.05) is 46.9 Å². The zero-order valence-corrected chi connectivity index (χ0v) is 34.5. The fourth-order valence-corrected chi connectivity index (χ4v) is 8.25. The zero-order valence-electron chi connectivity index (χ0n) is 33.3. The highest BCUT2D eigenvalue weighted by atomic mass is 127. The number of nitrogens with two attached hydrogens (primary N) is 3. The van der Waals surface area contributed by atoms with Crippen molar-refractivity contribution in [3.05, 3.63) is 129 Å². The van der Waals surface area contributed by atoms with Crippen LogP contribution in [0.1, 0.15) is 82.9 Å². The normalized spacial score (nSPS) is 17.6. The van der Waals surface area contributed by atoms with Crippen LogP contribution in [0.3, 0.4) is 0 Å². The number of halogens is 5. The molecule has 9 nitrogen and oxygen atoms in total. The van der Waals surface area contributed by atoms with Crippen LogP contribution in [0.4, 0.5) is 33.7 Å². The molecule has 14 heteroatoms. The first-order valence-electron chi connectivity index (χ1n) is 19.9. The second kappa shape index (κ2) is 19.9. The Hall–Kier alpha value is -4.54. The molecule has 58 heavy (non-hydrogen) atoms. The summed E-state index contributed by atoms with van der Waals surface area (Å²) in [4.78, 5) is 39.3. The number of alkyl halides is 1. The van der Waals surface area contributed by atoms with Gasteiger partial charge in [0.2, 0.25) is 0 Å². The molecule has 2 aliphatic carbocycles. The van der Waals surface area contributed by atoms with E-state index in [9.17, 15) is 31.9 Å². The van der Waals surface area contributed by atoms with Crippen molar-refractivity contribution >= 4 is 51.6 Å². The molecular formula is C44H51F4IN6O3. The van der Waals surface area contributed by atoms with E-state index in [1.807, 2.05) is 22.6 Å². The van der Waals surface area contributed by atoms with E-state index in [-0.39, 0.29) is 58.0 Å². The maximum Gasteiger partial charge on any atom is 0.317 e. The van der Waals surface area contributed by atoms with Gasteiger partial charge >= 0.3 is 6.03 Å². The number of anilines is 2. The summed E-state index contributed by atoms with van der Waals surface area (Å²) >= 11 is 1.96. The number of nitrogens with one attached hydrogen (secondary N) is 2. The molecule has 0 saturated carbocycles. The Morgan fingerprint density at radius 1 is 0.741 bits per heavy atom. The lowest BCUT2D eigenvalue weighted by Gasteiger charge is -2.44. The van der Waals surface area contributed by atoms with Crippen molar-refractivity contribution in [3.8, 4) is 0 Å². The maximum atomic E-state index is 13.5. The molecule has 0 unspecified atom stereocenters. The minimum absolute atomic E-state index is 0.0194. The Labute approximate surface area is 352 Å². The summed E-state index contributed by atoms with van der Waals surface area (Å²) in [5.41, 5.74) is 20.6. The van der Waals surface area contributed by atoms with Gasteiger partial charge in [0.05, 0.1) is 11.4 Å². The van der Waals surface area contributed by atoms with E-state index in [1.54, 1.807) is 29.2 Å². The molecular weight excluding hydrogens is 863 g/mol. The van der Waals surface area contributed by atoms with Gasteiger partial charge < -0.3 is 32.7 Å². The number of piperidine rings is 2. The number of carbonyl (C=O) groups is 3. The van der Waals surface area contributed by atoms with Crippen molar-refractivity contribution in [2.75, 3.05) is 42.6 Å². The van der Waals surface area contributed by atoms with Gasteiger partial charge in [0.15, 0.2) is 11.6 Å². The summed E-state index contributed by atoms with van der Waals surface area (Å²) in [6.45, 7) is 3.64. The summed E-state index contributed by atoms with van der Waals surface area (Å²) in [6, 6.07) is 17.9. The smallest absolute Gasteiger partial charge is 0.317 e. The Kier molecular flexibility index (Phi) is 14.8. The van der Waals surface area contributed by atoms with E-state index in [0.717, 1.165) is 68.3 Å². The molecule has 310 valence electrons. The number of carbonyl (C=O) groups excluding carboxylic acids is 3. The van der Waals surface area contributed by atoms with Gasteiger partial charge in [0.25, 0.3) is 0 Å². The number of nitrogen functional groups attached to an aromatic ring is 2. The fourth-order valence-electron chi connectivity index (χ4n) is 8.25. The van der Waals surface area contributed by atoms with E-state index >= 15 is 0 Å². The van der Waals surface area contributed by atoms with Crippen molar-refractivity contribution in [2.24, 2.45) is 16.6 Å². The second-order valence-corrected chi connectivity index (χ2v) is 15.5. The number of amides is 2. The van der Waals surface area contributed by atoms with Crippen molar-refractivity contribution in [1.29, 1.82) is 0 Å². The number of Topliss-reactive ketones (excluding diaryl/α,β-unsaturated/α-hetero) is 2. The summed E-state index contributed by atoms with van der Waals surface area (Å²) in [5, 5.41) is 6.14. The molecule has 8 rings (SSSR count). The average molecular weight is 916 g/mol. The molecule has 2 fully saturated rings. The molecule has 2 aliphatic heterocycles. The number of ketones is 2. The van der Waals surface area contributed by atoms with Crippen molar-refractivity contribution in [2.45, 2.75) is 64.5 Å². The Bertz CT molecular complexity index is 2130. The number of urea groups is 1. The maximum absolute atomic E-state index is 13.5. The molecule has 2 saturated heterocycles. The van der Waals surface area contributed by atoms with Crippen molar-refractivity contribution in [3.63, 3.8) is 0 Å². The molecule has 0 radical (unpaired) electrons. The van der Waals surface area contributed by atoms with Crippen LogP contribution in [0.5, 0.6) is 0 Å². The Morgan fingerprint density at radius 3 is 1.69 bits per heavy atom. The number of rotatable bonds is 3. The fraction of sp³-hybridized carbons (Fsp3) is 0.386. The molecule has 0 bridgehead atoms. The molecule has 4 aliphatic rings. The molecule has 4 aromatic carbocycles. The molecule has 0 aromatic heterocycles. The summed E-state index contributed by atoms with van der Waals surface area (Å²) < 4.78 is 58.9. The zero-order chi connectivity index (χ0) is 42.7. The molecule has 4 aromatic rings. The third-order valence-corrected chi connectivity index (χ3v) is 11.5.